The first-order valence-electron chi connectivity index (χ1n) is 4.62. The lowest BCUT2D eigenvalue weighted by Gasteiger charge is -1.92. The Morgan fingerprint density at radius 2 is 2.00 bits per heavy atom. The molecule has 0 saturated carbocycles. The van der Waals surface area contributed by atoms with Crippen molar-refractivity contribution >= 4 is 34.4 Å². The number of rotatable bonds is 4. The van der Waals surface area contributed by atoms with Gasteiger partial charge in [0, 0.05) is 4.88 Å². The maximum atomic E-state index is 11.9. The van der Waals surface area contributed by atoms with Gasteiger partial charge in [0.2, 0.25) is 11.7 Å². The molecular formula is C11H9NO2S2. The van der Waals surface area contributed by atoms with Gasteiger partial charge in [-0.3, -0.25) is 9.59 Å². The third-order valence-electron chi connectivity index (χ3n) is 1.98. The molecule has 16 heavy (non-hydrogen) atoms. The van der Waals surface area contributed by atoms with Gasteiger partial charge in [-0.05, 0) is 23.6 Å². The normalized spacial score (nSPS) is 10.2. The molecule has 2 heterocycles. The van der Waals surface area contributed by atoms with E-state index >= 15 is 0 Å². The summed E-state index contributed by atoms with van der Waals surface area (Å²) in [5.41, 5.74) is 5.09. The van der Waals surface area contributed by atoms with E-state index in [4.69, 9.17) is 5.73 Å². The molecule has 0 aromatic carbocycles. The van der Waals surface area contributed by atoms with E-state index in [9.17, 15) is 9.59 Å². The van der Waals surface area contributed by atoms with Crippen LogP contribution in [0.15, 0.2) is 29.6 Å². The fraction of sp³-hybridized carbons (Fsp3) is 0.0909. The molecule has 5 heteroatoms. The number of hydrogen-bond acceptors (Lipinski definition) is 4. The number of hydrogen-bond donors (Lipinski definition) is 1. The maximum absolute atomic E-state index is 11.9. The molecule has 2 aromatic heterocycles. The Balaban J connectivity index is 2.19. The van der Waals surface area contributed by atoms with Crippen LogP contribution >= 0.6 is 22.7 Å². The van der Waals surface area contributed by atoms with Crippen molar-refractivity contribution in [1.82, 2.24) is 0 Å². The third-order valence-corrected chi connectivity index (χ3v) is 3.93. The van der Waals surface area contributed by atoms with Crippen molar-refractivity contribution in [1.29, 1.82) is 0 Å². The van der Waals surface area contributed by atoms with Crippen molar-refractivity contribution in [3.8, 4) is 0 Å². The predicted molar refractivity (Wildman–Crippen MR) is 65.0 cm³/mol. The number of primary amides is 1. The van der Waals surface area contributed by atoms with Crippen molar-refractivity contribution < 1.29 is 9.59 Å². The average molecular weight is 251 g/mol. The Labute approximate surface area is 101 Å². The highest BCUT2D eigenvalue weighted by molar-refractivity contribution is 7.16. The molecule has 0 radical (unpaired) electrons. The van der Waals surface area contributed by atoms with Crippen LogP contribution in [0.2, 0.25) is 0 Å². The Hall–Kier alpha value is -1.46. The van der Waals surface area contributed by atoms with Crippen molar-refractivity contribution in [2.75, 3.05) is 0 Å². The highest BCUT2D eigenvalue weighted by Crippen LogP contribution is 2.22. The second-order valence-corrected chi connectivity index (χ2v) is 5.33. The van der Waals surface area contributed by atoms with E-state index in [2.05, 4.69) is 0 Å². The molecule has 0 aliphatic carbocycles. The summed E-state index contributed by atoms with van der Waals surface area (Å²) >= 11 is 2.74. The lowest BCUT2D eigenvalue weighted by Crippen LogP contribution is -2.12. The molecule has 2 rings (SSSR count). The average Bonchev–Trinajstić information content (AvgIpc) is 2.84. The van der Waals surface area contributed by atoms with Crippen LogP contribution in [0.3, 0.4) is 0 Å². The van der Waals surface area contributed by atoms with E-state index in [1.54, 1.807) is 18.2 Å². The molecule has 0 unspecified atom stereocenters. The Morgan fingerprint density at radius 1 is 1.19 bits per heavy atom. The number of nitrogens with two attached hydrogens (primary N) is 1. The van der Waals surface area contributed by atoms with Gasteiger partial charge in [-0.15, -0.1) is 22.7 Å². The summed E-state index contributed by atoms with van der Waals surface area (Å²) in [5.74, 6) is -0.368. The van der Waals surface area contributed by atoms with Crippen LogP contribution in [-0.2, 0) is 11.2 Å². The molecule has 0 aliphatic heterocycles. The lowest BCUT2D eigenvalue weighted by atomic mass is 10.2. The molecule has 2 aromatic rings. The Bertz CT molecular complexity index is 514. The molecule has 0 aliphatic rings. The fourth-order valence-electron chi connectivity index (χ4n) is 1.30. The largest absolute Gasteiger partial charge is 0.369 e. The number of ketones is 1. The minimum absolute atomic E-state index is 0.00993. The van der Waals surface area contributed by atoms with E-state index in [0.717, 1.165) is 4.88 Å². The van der Waals surface area contributed by atoms with Crippen LogP contribution in [0.4, 0.5) is 0 Å². The first-order valence-corrected chi connectivity index (χ1v) is 6.31. The highest BCUT2D eigenvalue weighted by Gasteiger charge is 2.13. The molecule has 1 amide bonds. The summed E-state index contributed by atoms with van der Waals surface area (Å²) in [6, 6.07) is 7.15. The van der Waals surface area contributed by atoms with Crippen LogP contribution < -0.4 is 5.73 Å². The molecule has 2 N–H and O–H groups in total. The second-order valence-electron chi connectivity index (χ2n) is 3.22. The molecular weight excluding hydrogens is 242 g/mol. The van der Waals surface area contributed by atoms with E-state index in [-0.39, 0.29) is 18.1 Å². The first kappa shape index (κ1) is 11.0. The SMILES string of the molecule is NC(=O)Cc1ccc(C(=O)c2cccs2)s1. The Morgan fingerprint density at radius 3 is 2.62 bits per heavy atom. The summed E-state index contributed by atoms with van der Waals surface area (Å²) in [5, 5.41) is 1.87. The quantitative estimate of drug-likeness (QED) is 0.846. The van der Waals surface area contributed by atoms with Crippen LogP contribution in [-0.4, -0.2) is 11.7 Å². The van der Waals surface area contributed by atoms with Gasteiger partial charge >= 0.3 is 0 Å². The molecule has 3 nitrogen and oxygen atoms in total. The predicted octanol–water partition coefficient (Wildman–Crippen LogP) is 2.07. The van der Waals surface area contributed by atoms with Gasteiger partial charge < -0.3 is 5.73 Å². The van der Waals surface area contributed by atoms with Crippen LogP contribution in [0, 0.1) is 0 Å². The third kappa shape index (κ3) is 2.37. The molecule has 0 spiro atoms. The Kier molecular flexibility index (Phi) is 3.17. The zero-order valence-electron chi connectivity index (χ0n) is 8.30. The number of amides is 1. The lowest BCUT2D eigenvalue weighted by molar-refractivity contribution is -0.117. The van der Waals surface area contributed by atoms with E-state index in [1.165, 1.54) is 22.7 Å². The van der Waals surface area contributed by atoms with Crippen molar-refractivity contribution in [3.05, 3.63) is 44.3 Å². The summed E-state index contributed by atoms with van der Waals surface area (Å²) < 4.78 is 0. The minimum atomic E-state index is -0.378. The topological polar surface area (TPSA) is 60.2 Å². The van der Waals surface area contributed by atoms with Gasteiger partial charge in [-0.1, -0.05) is 6.07 Å². The second kappa shape index (κ2) is 4.59. The molecule has 0 saturated heterocycles. The first-order chi connectivity index (χ1) is 7.66. The fourth-order valence-corrected chi connectivity index (χ4v) is 3.01. The van der Waals surface area contributed by atoms with Crippen molar-refractivity contribution in [3.63, 3.8) is 0 Å². The van der Waals surface area contributed by atoms with E-state index in [0.29, 0.717) is 9.75 Å². The summed E-state index contributed by atoms with van der Waals surface area (Å²) in [7, 11) is 0. The maximum Gasteiger partial charge on any atom is 0.222 e. The van der Waals surface area contributed by atoms with E-state index in [1.807, 2.05) is 11.4 Å². The van der Waals surface area contributed by atoms with Gasteiger partial charge in [0.25, 0.3) is 0 Å². The smallest absolute Gasteiger partial charge is 0.222 e. The minimum Gasteiger partial charge on any atom is -0.369 e. The van der Waals surface area contributed by atoms with Crippen LogP contribution in [0.25, 0.3) is 0 Å². The van der Waals surface area contributed by atoms with Crippen molar-refractivity contribution in [2.24, 2.45) is 5.73 Å². The zero-order valence-corrected chi connectivity index (χ0v) is 9.94. The van der Waals surface area contributed by atoms with Gasteiger partial charge in [0.05, 0.1) is 16.2 Å². The standard InChI is InChI=1S/C11H9NO2S2/c12-10(13)6-7-3-4-9(16-7)11(14)8-2-1-5-15-8/h1-5H,6H2,(H2,12,13). The molecule has 0 bridgehead atoms. The number of thiophene rings is 2. The summed E-state index contributed by atoms with van der Waals surface area (Å²) in [4.78, 5) is 24.8. The van der Waals surface area contributed by atoms with Crippen molar-refractivity contribution in [2.45, 2.75) is 6.42 Å². The monoisotopic (exact) mass is 251 g/mol. The highest BCUT2D eigenvalue weighted by atomic mass is 32.1. The molecule has 0 fully saturated rings. The van der Waals surface area contributed by atoms with E-state index < -0.39 is 0 Å². The number of carbonyl (C=O) groups excluding carboxylic acids is 2. The zero-order chi connectivity index (χ0) is 11.5. The molecule has 0 atom stereocenters. The summed E-state index contributed by atoms with van der Waals surface area (Å²) in [6.45, 7) is 0. The van der Waals surface area contributed by atoms with Gasteiger partial charge in [0.15, 0.2) is 0 Å². The summed E-state index contributed by atoms with van der Waals surface area (Å²) in [6.07, 6.45) is 0.197. The number of carbonyl (C=O) groups is 2. The molecule has 82 valence electrons. The van der Waals surface area contributed by atoms with Gasteiger partial charge in [-0.2, -0.15) is 0 Å². The van der Waals surface area contributed by atoms with Gasteiger partial charge in [-0.25, -0.2) is 0 Å². The van der Waals surface area contributed by atoms with Gasteiger partial charge in [0.1, 0.15) is 0 Å². The van der Waals surface area contributed by atoms with Crippen LogP contribution in [0.5, 0.6) is 0 Å². The van der Waals surface area contributed by atoms with Crippen LogP contribution in [0.1, 0.15) is 19.4 Å².